The molecule has 0 heterocycles. The normalized spacial score (nSPS) is 11.6. The van der Waals surface area contributed by atoms with Gasteiger partial charge in [-0.3, -0.25) is 0 Å². The van der Waals surface area contributed by atoms with Crippen molar-refractivity contribution in [2.45, 2.75) is 65.7 Å². The molecule has 0 amide bonds. The van der Waals surface area contributed by atoms with Crippen molar-refractivity contribution >= 4 is 11.9 Å². The van der Waals surface area contributed by atoms with Crippen molar-refractivity contribution in [1.82, 2.24) is 0 Å². The van der Waals surface area contributed by atoms with E-state index in [1.807, 2.05) is 13.8 Å². The molecule has 0 saturated carbocycles. The highest BCUT2D eigenvalue weighted by Crippen LogP contribution is 2.27. The van der Waals surface area contributed by atoms with Crippen molar-refractivity contribution in [3.63, 3.8) is 0 Å². The van der Waals surface area contributed by atoms with Gasteiger partial charge in [-0.05, 0) is 65.9 Å². The van der Waals surface area contributed by atoms with Gasteiger partial charge >= 0.3 is 11.9 Å². The first-order chi connectivity index (χ1) is 19.3. The summed E-state index contributed by atoms with van der Waals surface area (Å²) in [6.45, 7) is 6.83. The van der Waals surface area contributed by atoms with Gasteiger partial charge in [-0.25, -0.2) is 18.4 Å². The van der Waals surface area contributed by atoms with E-state index in [9.17, 15) is 18.4 Å². The number of hydrogen-bond donors (Lipinski definition) is 0. The Hall–Kier alpha value is -3.74. The molecule has 0 spiro atoms. The Bertz CT molecular complexity index is 1260. The third kappa shape index (κ3) is 9.18. The molecule has 0 aliphatic rings. The zero-order valence-corrected chi connectivity index (χ0v) is 23.5. The van der Waals surface area contributed by atoms with Crippen LogP contribution in [0.15, 0.2) is 60.7 Å². The summed E-state index contributed by atoms with van der Waals surface area (Å²) in [5.41, 5.74) is 1.56. The average molecular weight is 553 g/mol. The maximum Gasteiger partial charge on any atom is 0.343 e. The Morgan fingerprint density at radius 2 is 1.35 bits per heavy atom. The van der Waals surface area contributed by atoms with E-state index in [-0.39, 0.29) is 35.2 Å². The lowest BCUT2D eigenvalue weighted by molar-refractivity contribution is 0.0446. The fourth-order valence-electron chi connectivity index (χ4n) is 3.95. The zero-order chi connectivity index (χ0) is 28.9. The first-order valence-electron chi connectivity index (χ1n) is 14.0. The Labute approximate surface area is 235 Å². The van der Waals surface area contributed by atoms with E-state index in [4.69, 9.17) is 14.2 Å². The molecule has 0 bridgehead atoms. The first-order valence-corrected chi connectivity index (χ1v) is 14.0. The number of rotatable bonds is 15. The lowest BCUT2D eigenvalue weighted by atomic mass is 10.0. The molecule has 0 aliphatic heterocycles. The minimum absolute atomic E-state index is 0.0380. The summed E-state index contributed by atoms with van der Waals surface area (Å²) in [6, 6.07) is 14.7. The van der Waals surface area contributed by atoms with Crippen molar-refractivity contribution in [2.24, 2.45) is 5.92 Å². The quantitative estimate of drug-likeness (QED) is 0.107. The molecule has 214 valence electrons. The molecule has 0 fully saturated rings. The molecule has 3 aromatic rings. The van der Waals surface area contributed by atoms with Crippen molar-refractivity contribution in [2.75, 3.05) is 13.2 Å². The second kappa shape index (κ2) is 15.8. The fraction of sp³-hybridized carbons (Fsp3) is 0.394. The molecule has 7 heteroatoms. The minimum Gasteiger partial charge on any atom is -0.491 e. The van der Waals surface area contributed by atoms with Crippen LogP contribution >= 0.6 is 0 Å². The second-order valence-corrected chi connectivity index (χ2v) is 9.99. The molecule has 1 atom stereocenters. The van der Waals surface area contributed by atoms with E-state index in [1.165, 1.54) is 56.0 Å². The van der Waals surface area contributed by atoms with Crippen molar-refractivity contribution in [1.29, 1.82) is 0 Å². The van der Waals surface area contributed by atoms with Gasteiger partial charge in [-0.15, -0.1) is 0 Å². The fourth-order valence-corrected chi connectivity index (χ4v) is 3.95. The highest BCUT2D eigenvalue weighted by molar-refractivity contribution is 5.92. The third-order valence-corrected chi connectivity index (χ3v) is 6.71. The summed E-state index contributed by atoms with van der Waals surface area (Å²) >= 11 is 0. The maximum absolute atomic E-state index is 14.6. The van der Waals surface area contributed by atoms with Gasteiger partial charge in [0.2, 0.25) is 0 Å². The highest BCUT2D eigenvalue weighted by atomic mass is 19.1. The lowest BCUT2D eigenvalue weighted by Crippen LogP contribution is -2.13. The van der Waals surface area contributed by atoms with Crippen LogP contribution in [0.1, 0.15) is 86.4 Å². The summed E-state index contributed by atoms with van der Waals surface area (Å²) in [7, 11) is 0. The molecule has 40 heavy (non-hydrogen) atoms. The lowest BCUT2D eigenvalue weighted by Gasteiger charge is -2.11. The average Bonchev–Trinajstić information content (AvgIpc) is 2.96. The molecule has 0 radical (unpaired) electrons. The number of unbranched alkanes of at least 4 members (excludes halogenated alkanes) is 5. The largest absolute Gasteiger partial charge is 0.491 e. The van der Waals surface area contributed by atoms with Gasteiger partial charge in [0.25, 0.3) is 0 Å². The number of esters is 2. The minimum atomic E-state index is -0.850. The van der Waals surface area contributed by atoms with E-state index in [2.05, 4.69) is 6.92 Å². The van der Waals surface area contributed by atoms with Gasteiger partial charge in [0.15, 0.2) is 23.1 Å². The van der Waals surface area contributed by atoms with Crippen LogP contribution in [-0.4, -0.2) is 25.2 Å². The van der Waals surface area contributed by atoms with Crippen LogP contribution in [0.3, 0.4) is 0 Å². The number of benzene rings is 3. The van der Waals surface area contributed by atoms with Gasteiger partial charge < -0.3 is 14.2 Å². The summed E-state index contributed by atoms with van der Waals surface area (Å²) in [5, 5.41) is 0. The maximum atomic E-state index is 14.6. The predicted molar refractivity (Wildman–Crippen MR) is 152 cm³/mol. The monoisotopic (exact) mass is 552 g/mol. The van der Waals surface area contributed by atoms with Crippen LogP contribution in [0.4, 0.5) is 8.78 Å². The molecule has 3 rings (SSSR count). The Morgan fingerprint density at radius 3 is 2.02 bits per heavy atom. The van der Waals surface area contributed by atoms with E-state index in [1.54, 1.807) is 24.3 Å². The molecular formula is C33H38F2O5. The topological polar surface area (TPSA) is 61.8 Å². The number of halogens is 2. The van der Waals surface area contributed by atoms with E-state index in [0.29, 0.717) is 17.7 Å². The van der Waals surface area contributed by atoms with Crippen LogP contribution in [0, 0.1) is 17.6 Å². The smallest absolute Gasteiger partial charge is 0.343 e. The standard InChI is InChI=1S/C33H38F2O5/c1-4-6-7-8-9-10-19-38-30-17-15-26(20-28(30)34)24-11-13-25(14-12-24)33(37)40-31-18-16-27(21-29(31)35)32(36)39-22-23(3)5-2/h11-18,20-21,23H,4-10,19,22H2,1-3H3/t23-/m0/s1. The molecule has 0 aromatic heterocycles. The van der Waals surface area contributed by atoms with Gasteiger partial charge in [0.05, 0.1) is 24.3 Å². The summed E-state index contributed by atoms with van der Waals surface area (Å²) < 4.78 is 45.1. The molecule has 0 unspecified atom stereocenters. The molecular weight excluding hydrogens is 514 g/mol. The Morgan fingerprint density at radius 1 is 0.725 bits per heavy atom. The first kappa shape index (κ1) is 30.8. The SMILES string of the molecule is CCCCCCCCOc1ccc(-c2ccc(C(=O)Oc3ccc(C(=O)OC[C@@H](C)CC)cc3F)cc2)cc1F. The summed E-state index contributed by atoms with van der Waals surface area (Å²) in [5.74, 6) is -2.58. The van der Waals surface area contributed by atoms with Crippen LogP contribution in [0.2, 0.25) is 0 Å². The van der Waals surface area contributed by atoms with E-state index in [0.717, 1.165) is 25.3 Å². The zero-order valence-electron chi connectivity index (χ0n) is 23.5. The van der Waals surface area contributed by atoms with Crippen LogP contribution < -0.4 is 9.47 Å². The number of carbonyl (C=O) groups excluding carboxylic acids is 2. The van der Waals surface area contributed by atoms with Gasteiger partial charge in [-0.2, -0.15) is 0 Å². The van der Waals surface area contributed by atoms with E-state index < -0.39 is 23.6 Å². The van der Waals surface area contributed by atoms with Gasteiger partial charge in [-0.1, -0.05) is 77.5 Å². The number of ether oxygens (including phenoxy) is 3. The Balaban J connectivity index is 1.55. The molecule has 0 aliphatic carbocycles. The van der Waals surface area contributed by atoms with Gasteiger partial charge in [0, 0.05) is 0 Å². The number of hydrogen-bond acceptors (Lipinski definition) is 5. The number of carbonyl (C=O) groups is 2. The summed E-state index contributed by atoms with van der Waals surface area (Å²) in [4.78, 5) is 24.7. The van der Waals surface area contributed by atoms with Gasteiger partial charge in [0.1, 0.15) is 0 Å². The summed E-state index contributed by atoms with van der Waals surface area (Å²) in [6.07, 6.45) is 7.64. The van der Waals surface area contributed by atoms with Crippen molar-refractivity contribution in [3.05, 3.63) is 83.4 Å². The van der Waals surface area contributed by atoms with Crippen molar-refractivity contribution < 1.29 is 32.6 Å². The van der Waals surface area contributed by atoms with Crippen molar-refractivity contribution in [3.8, 4) is 22.6 Å². The molecule has 5 nitrogen and oxygen atoms in total. The van der Waals surface area contributed by atoms with E-state index >= 15 is 0 Å². The van der Waals surface area contributed by atoms with Crippen LogP contribution in [0.25, 0.3) is 11.1 Å². The van der Waals surface area contributed by atoms with Crippen LogP contribution in [-0.2, 0) is 4.74 Å². The van der Waals surface area contributed by atoms with Crippen LogP contribution in [0.5, 0.6) is 11.5 Å². The molecule has 0 saturated heterocycles. The highest BCUT2D eigenvalue weighted by Gasteiger charge is 2.16. The third-order valence-electron chi connectivity index (χ3n) is 6.71. The second-order valence-electron chi connectivity index (χ2n) is 9.99. The molecule has 0 N–H and O–H groups in total. The molecule has 3 aromatic carbocycles. The predicted octanol–water partition coefficient (Wildman–Crippen LogP) is 8.79. The Kier molecular flexibility index (Phi) is 12.1.